The average Bonchev–Trinajstić information content (AvgIpc) is 2.66. The molecule has 184 valence electrons. The van der Waals surface area contributed by atoms with Crippen LogP contribution in [-0.2, 0) is 28.4 Å². The summed E-state index contributed by atoms with van der Waals surface area (Å²) in [5.41, 5.74) is -0.860. The second-order valence-electron chi connectivity index (χ2n) is 9.36. The molecule has 10 nitrogen and oxygen atoms in total. The molecule has 0 bridgehead atoms. The van der Waals surface area contributed by atoms with Crippen LogP contribution in [0.5, 0.6) is 0 Å². The molecule has 2 N–H and O–H groups in total. The first-order valence-electron chi connectivity index (χ1n) is 10.4. The maximum Gasteiger partial charge on any atom is 0.508 e. The summed E-state index contributed by atoms with van der Waals surface area (Å²) in [5.74, 6) is 0. The fourth-order valence-electron chi connectivity index (χ4n) is 1.97. The zero-order chi connectivity index (χ0) is 24.1. The summed E-state index contributed by atoms with van der Waals surface area (Å²) < 4.78 is 31.0. The van der Waals surface area contributed by atoms with E-state index in [9.17, 15) is 9.59 Å². The van der Waals surface area contributed by atoms with Gasteiger partial charge in [-0.25, -0.2) is 9.59 Å². The Kier molecular flexibility index (Phi) is 13.7. The summed E-state index contributed by atoms with van der Waals surface area (Å²) >= 11 is 0. The lowest BCUT2D eigenvalue weighted by atomic mass is 9.96. The van der Waals surface area contributed by atoms with E-state index in [1.165, 1.54) is 13.8 Å². The second-order valence-corrected chi connectivity index (χ2v) is 9.36. The van der Waals surface area contributed by atoms with Crippen LogP contribution in [0.3, 0.4) is 0 Å². The van der Waals surface area contributed by atoms with Gasteiger partial charge in [0, 0.05) is 10.8 Å². The van der Waals surface area contributed by atoms with Crippen molar-refractivity contribution in [1.82, 2.24) is 0 Å². The van der Waals surface area contributed by atoms with Crippen molar-refractivity contribution >= 4 is 12.3 Å². The Morgan fingerprint density at radius 1 is 0.677 bits per heavy atom. The van der Waals surface area contributed by atoms with Gasteiger partial charge >= 0.3 is 12.3 Å². The Labute approximate surface area is 185 Å². The van der Waals surface area contributed by atoms with Gasteiger partial charge in [0.05, 0.1) is 38.1 Å². The van der Waals surface area contributed by atoms with E-state index >= 15 is 0 Å². The molecule has 0 radical (unpaired) electrons. The zero-order valence-corrected chi connectivity index (χ0v) is 19.8. The van der Waals surface area contributed by atoms with E-state index in [-0.39, 0.29) is 32.5 Å². The largest absolute Gasteiger partial charge is 0.508 e. The number of rotatable bonds is 15. The molecule has 0 aromatic carbocycles. The molecule has 3 unspecified atom stereocenters. The van der Waals surface area contributed by atoms with Crippen LogP contribution in [0.2, 0.25) is 0 Å². The van der Waals surface area contributed by atoms with Gasteiger partial charge in [0.25, 0.3) is 0 Å². The molecular weight excluding hydrogens is 412 g/mol. The quantitative estimate of drug-likeness (QED) is 0.357. The Morgan fingerprint density at radius 3 is 1.52 bits per heavy atom. The molecule has 0 aliphatic rings. The predicted octanol–water partition coefficient (Wildman–Crippen LogP) is 2.53. The predicted molar refractivity (Wildman–Crippen MR) is 112 cm³/mol. The van der Waals surface area contributed by atoms with E-state index < -0.39 is 35.3 Å². The molecule has 0 saturated heterocycles. The van der Waals surface area contributed by atoms with Gasteiger partial charge in [-0.05, 0) is 20.8 Å². The van der Waals surface area contributed by atoms with Gasteiger partial charge in [-0.15, -0.1) is 0 Å². The summed E-state index contributed by atoms with van der Waals surface area (Å²) in [6.45, 7) is 13.4. The van der Waals surface area contributed by atoms with E-state index in [0.717, 1.165) is 0 Å². The fraction of sp³-hybridized carbons (Fsp3) is 0.905. The molecule has 0 aliphatic heterocycles. The molecule has 0 amide bonds. The maximum absolute atomic E-state index is 11.5. The lowest BCUT2D eigenvalue weighted by Gasteiger charge is -2.27. The summed E-state index contributed by atoms with van der Waals surface area (Å²) in [5, 5.41) is 18.2. The van der Waals surface area contributed by atoms with Crippen molar-refractivity contribution in [2.45, 2.75) is 66.8 Å². The van der Waals surface area contributed by atoms with Crippen LogP contribution in [0.25, 0.3) is 0 Å². The van der Waals surface area contributed by atoms with Gasteiger partial charge in [0.2, 0.25) is 0 Å². The third-order valence-corrected chi connectivity index (χ3v) is 3.65. The van der Waals surface area contributed by atoms with Crippen LogP contribution in [0, 0.1) is 10.8 Å². The minimum Gasteiger partial charge on any atom is -0.434 e. The number of aliphatic hydroxyl groups excluding tert-OH is 2. The van der Waals surface area contributed by atoms with Crippen molar-refractivity contribution in [3.63, 3.8) is 0 Å². The van der Waals surface area contributed by atoms with Crippen molar-refractivity contribution in [3.05, 3.63) is 0 Å². The van der Waals surface area contributed by atoms with E-state index in [1.54, 1.807) is 0 Å². The number of hydrogen-bond acceptors (Lipinski definition) is 10. The maximum atomic E-state index is 11.5. The van der Waals surface area contributed by atoms with Gasteiger partial charge < -0.3 is 38.6 Å². The number of carbonyl (C=O) groups is 2. The van der Waals surface area contributed by atoms with E-state index in [1.807, 2.05) is 34.6 Å². The SMILES string of the molecule is CC(O)COC(=O)OCC(C)(C)COCC(C)OCC(C)(C)COC(=O)OCC(C)O. The number of aliphatic hydroxyl groups is 2. The second kappa shape index (κ2) is 14.4. The molecule has 10 heteroatoms. The van der Waals surface area contributed by atoms with E-state index in [4.69, 9.17) is 38.6 Å². The molecule has 0 rings (SSSR count). The van der Waals surface area contributed by atoms with Crippen molar-refractivity contribution in [2.75, 3.05) is 46.2 Å². The van der Waals surface area contributed by atoms with E-state index in [2.05, 4.69) is 0 Å². The molecular formula is C21H40O10. The topological polar surface area (TPSA) is 130 Å². The summed E-state index contributed by atoms with van der Waals surface area (Å²) in [4.78, 5) is 22.9. The minimum absolute atomic E-state index is 0.106. The van der Waals surface area contributed by atoms with Gasteiger partial charge in [0.15, 0.2) is 0 Å². The molecule has 0 spiro atoms. The molecule has 3 atom stereocenters. The average molecular weight is 453 g/mol. The standard InChI is InChI=1S/C21H40O10/c1-15(22)8-27-18(24)30-13-20(4,5)11-26-10-17(3)29-12-21(6,7)14-31-19(25)28-9-16(2)23/h15-17,22-23H,8-14H2,1-7H3. The normalized spacial score (nSPS) is 15.0. The number of carbonyl (C=O) groups excluding carboxylic acids is 2. The van der Waals surface area contributed by atoms with Gasteiger partial charge in [-0.2, -0.15) is 0 Å². The van der Waals surface area contributed by atoms with E-state index in [0.29, 0.717) is 19.8 Å². The molecule has 0 saturated carbocycles. The fourth-order valence-corrected chi connectivity index (χ4v) is 1.97. The number of hydrogen-bond donors (Lipinski definition) is 2. The van der Waals surface area contributed by atoms with Gasteiger partial charge in [-0.1, -0.05) is 27.7 Å². The lowest BCUT2D eigenvalue weighted by Crippen LogP contribution is -2.32. The minimum atomic E-state index is -0.829. The van der Waals surface area contributed by atoms with Crippen molar-refractivity contribution in [2.24, 2.45) is 10.8 Å². The molecule has 31 heavy (non-hydrogen) atoms. The molecule has 0 aromatic heterocycles. The van der Waals surface area contributed by atoms with Crippen molar-refractivity contribution < 1.29 is 48.2 Å². The van der Waals surface area contributed by atoms with Crippen molar-refractivity contribution in [1.29, 1.82) is 0 Å². The highest BCUT2D eigenvalue weighted by Crippen LogP contribution is 2.19. The molecule has 0 aromatic rings. The number of ether oxygens (including phenoxy) is 6. The zero-order valence-electron chi connectivity index (χ0n) is 19.8. The van der Waals surface area contributed by atoms with Crippen LogP contribution in [-0.4, -0.2) is 87.1 Å². The third-order valence-electron chi connectivity index (χ3n) is 3.65. The summed E-state index contributed by atoms with van der Waals surface area (Å²) in [7, 11) is 0. The Balaban J connectivity index is 4.06. The molecule has 0 fully saturated rings. The summed E-state index contributed by atoms with van der Waals surface area (Å²) in [6, 6.07) is 0. The highest BCUT2D eigenvalue weighted by atomic mass is 16.7. The molecule has 0 heterocycles. The Hall–Kier alpha value is -1.62. The van der Waals surface area contributed by atoms with Gasteiger partial charge in [-0.3, -0.25) is 0 Å². The van der Waals surface area contributed by atoms with Crippen LogP contribution in [0.4, 0.5) is 9.59 Å². The van der Waals surface area contributed by atoms with Gasteiger partial charge in [0.1, 0.15) is 26.4 Å². The monoisotopic (exact) mass is 452 g/mol. The van der Waals surface area contributed by atoms with Crippen LogP contribution < -0.4 is 0 Å². The van der Waals surface area contributed by atoms with Crippen molar-refractivity contribution in [3.8, 4) is 0 Å². The lowest BCUT2D eigenvalue weighted by molar-refractivity contribution is -0.0706. The Bertz CT molecular complexity index is 516. The summed E-state index contributed by atoms with van der Waals surface area (Å²) in [6.07, 6.45) is -3.35. The van der Waals surface area contributed by atoms with Crippen LogP contribution >= 0.6 is 0 Å². The third kappa shape index (κ3) is 17.7. The Morgan fingerprint density at radius 2 is 1.10 bits per heavy atom. The highest BCUT2D eigenvalue weighted by Gasteiger charge is 2.24. The first kappa shape index (κ1) is 29.4. The molecule has 0 aliphatic carbocycles. The van der Waals surface area contributed by atoms with Crippen LogP contribution in [0.15, 0.2) is 0 Å². The highest BCUT2D eigenvalue weighted by molar-refractivity contribution is 5.60. The van der Waals surface area contributed by atoms with Crippen LogP contribution in [0.1, 0.15) is 48.5 Å². The first-order chi connectivity index (χ1) is 14.2. The first-order valence-corrected chi connectivity index (χ1v) is 10.4. The smallest absolute Gasteiger partial charge is 0.434 e.